The van der Waals surface area contributed by atoms with Gasteiger partial charge in [0, 0.05) is 30.1 Å². The molecule has 5 heteroatoms. The van der Waals surface area contributed by atoms with Crippen molar-refractivity contribution in [1.82, 2.24) is 10.1 Å². The summed E-state index contributed by atoms with van der Waals surface area (Å²) in [7, 11) is 0. The second-order valence-corrected chi connectivity index (χ2v) is 8.53. The minimum atomic E-state index is -0.0554. The van der Waals surface area contributed by atoms with Crippen LogP contribution in [0.25, 0.3) is 11.5 Å². The first-order valence-corrected chi connectivity index (χ1v) is 9.63. The van der Waals surface area contributed by atoms with E-state index in [1.54, 1.807) is 4.90 Å². The maximum atomic E-state index is 12.5. The average molecular weight is 375 g/mol. The highest BCUT2D eigenvalue weighted by Gasteiger charge is 2.34. The molecule has 4 rings (SSSR count). The zero-order valence-electron chi connectivity index (χ0n) is 16.8. The molecular formula is C23H25N3O2. The fraction of sp³-hybridized carbons (Fsp3) is 0.348. The molecule has 2 aromatic carbocycles. The lowest BCUT2D eigenvalue weighted by Crippen LogP contribution is -2.24. The number of hydrogen-bond donors (Lipinski definition) is 0. The van der Waals surface area contributed by atoms with Crippen LogP contribution in [0.1, 0.15) is 50.1 Å². The molecular weight excluding hydrogens is 350 g/mol. The molecule has 1 fully saturated rings. The summed E-state index contributed by atoms with van der Waals surface area (Å²) in [5, 5.41) is 4.16. The van der Waals surface area contributed by atoms with Crippen LogP contribution in [-0.2, 0) is 10.2 Å². The van der Waals surface area contributed by atoms with E-state index < -0.39 is 0 Å². The summed E-state index contributed by atoms with van der Waals surface area (Å²) in [5.41, 5.74) is 4.34. The van der Waals surface area contributed by atoms with Crippen LogP contribution < -0.4 is 4.90 Å². The van der Waals surface area contributed by atoms with Gasteiger partial charge >= 0.3 is 0 Å². The Labute approximate surface area is 165 Å². The van der Waals surface area contributed by atoms with Crippen molar-refractivity contribution in [1.29, 1.82) is 0 Å². The van der Waals surface area contributed by atoms with Gasteiger partial charge in [0.15, 0.2) is 5.82 Å². The highest BCUT2D eigenvalue weighted by molar-refractivity contribution is 5.96. The lowest BCUT2D eigenvalue weighted by atomic mass is 9.87. The fourth-order valence-electron chi connectivity index (χ4n) is 3.49. The molecule has 0 saturated carbocycles. The van der Waals surface area contributed by atoms with Gasteiger partial charge in [-0.2, -0.15) is 4.98 Å². The lowest BCUT2D eigenvalue weighted by Gasteiger charge is -2.18. The first kappa shape index (κ1) is 18.4. The van der Waals surface area contributed by atoms with Crippen LogP contribution in [0.5, 0.6) is 0 Å². The Kier molecular flexibility index (Phi) is 4.53. The van der Waals surface area contributed by atoms with E-state index in [1.807, 2.05) is 43.3 Å². The third-order valence-corrected chi connectivity index (χ3v) is 5.28. The van der Waals surface area contributed by atoms with Gasteiger partial charge in [0.1, 0.15) is 0 Å². The molecule has 1 aromatic heterocycles. The molecule has 1 aliphatic heterocycles. The predicted octanol–water partition coefficient (Wildman–Crippen LogP) is 4.86. The minimum Gasteiger partial charge on any atom is -0.334 e. The number of anilines is 1. The number of nitrogens with zero attached hydrogens (tertiary/aromatic N) is 3. The van der Waals surface area contributed by atoms with Crippen LogP contribution in [-0.4, -0.2) is 22.6 Å². The molecule has 0 bridgehead atoms. The number of aromatic nitrogens is 2. The number of rotatable bonds is 3. The molecule has 0 aliphatic carbocycles. The molecule has 1 aliphatic rings. The largest absolute Gasteiger partial charge is 0.334 e. The molecule has 1 saturated heterocycles. The second-order valence-electron chi connectivity index (χ2n) is 8.53. The molecule has 28 heavy (non-hydrogen) atoms. The number of amides is 1. The van der Waals surface area contributed by atoms with Crippen molar-refractivity contribution in [3.63, 3.8) is 0 Å². The summed E-state index contributed by atoms with van der Waals surface area (Å²) < 4.78 is 5.49. The Morgan fingerprint density at radius 1 is 1.04 bits per heavy atom. The number of aryl methyl sites for hydroxylation is 1. The van der Waals surface area contributed by atoms with Crippen molar-refractivity contribution in [2.75, 3.05) is 11.4 Å². The fourth-order valence-corrected chi connectivity index (χ4v) is 3.49. The van der Waals surface area contributed by atoms with Gasteiger partial charge in [0.05, 0.1) is 0 Å². The Hall–Kier alpha value is -2.95. The molecule has 1 atom stereocenters. The van der Waals surface area contributed by atoms with Crippen LogP contribution in [0.4, 0.5) is 5.69 Å². The van der Waals surface area contributed by atoms with Gasteiger partial charge < -0.3 is 9.42 Å². The number of carbonyl (C=O) groups is 1. The van der Waals surface area contributed by atoms with E-state index in [1.165, 1.54) is 11.1 Å². The zero-order chi connectivity index (χ0) is 19.9. The smallest absolute Gasteiger partial charge is 0.257 e. The minimum absolute atomic E-state index is 0.0554. The van der Waals surface area contributed by atoms with Crippen molar-refractivity contribution in [3.8, 4) is 11.5 Å². The van der Waals surface area contributed by atoms with Crippen LogP contribution in [0.15, 0.2) is 53.1 Å². The average Bonchev–Trinajstić information content (AvgIpc) is 3.29. The van der Waals surface area contributed by atoms with Crippen LogP contribution in [0, 0.1) is 6.92 Å². The summed E-state index contributed by atoms with van der Waals surface area (Å²) in [4.78, 5) is 18.9. The SMILES string of the molecule is Cc1ccc(N2C[C@@H](c3noc(-c4ccc(C(C)(C)C)cc4)n3)CC2=O)cc1. The molecule has 2 heterocycles. The lowest BCUT2D eigenvalue weighted by molar-refractivity contribution is -0.117. The predicted molar refractivity (Wildman–Crippen MR) is 109 cm³/mol. The Bertz CT molecular complexity index is 982. The summed E-state index contributed by atoms with van der Waals surface area (Å²) >= 11 is 0. The molecule has 144 valence electrons. The van der Waals surface area contributed by atoms with Gasteiger partial charge in [-0.25, -0.2) is 0 Å². The maximum Gasteiger partial charge on any atom is 0.257 e. The van der Waals surface area contributed by atoms with Crippen LogP contribution >= 0.6 is 0 Å². The Morgan fingerprint density at radius 2 is 1.71 bits per heavy atom. The first-order chi connectivity index (χ1) is 13.3. The standard InChI is InChI=1S/C23H25N3O2/c1-15-5-11-19(12-6-15)26-14-17(13-20(26)27)21-24-22(28-25-21)16-7-9-18(10-8-16)23(2,3)4/h5-12,17H,13-14H2,1-4H3/t17-/m0/s1. The van der Waals surface area contributed by atoms with Gasteiger partial charge in [-0.1, -0.05) is 55.8 Å². The van der Waals surface area contributed by atoms with Gasteiger partial charge in [0.2, 0.25) is 5.91 Å². The quantitative estimate of drug-likeness (QED) is 0.656. The Balaban J connectivity index is 1.52. The van der Waals surface area contributed by atoms with Crippen molar-refractivity contribution in [2.24, 2.45) is 0 Å². The molecule has 0 spiro atoms. The third-order valence-electron chi connectivity index (χ3n) is 5.28. The van der Waals surface area contributed by atoms with Gasteiger partial charge in [-0.05, 0) is 42.2 Å². The van der Waals surface area contributed by atoms with Crippen LogP contribution in [0.3, 0.4) is 0 Å². The third kappa shape index (κ3) is 3.57. The first-order valence-electron chi connectivity index (χ1n) is 9.63. The normalized spacial score (nSPS) is 17.4. The highest BCUT2D eigenvalue weighted by Crippen LogP contribution is 2.32. The van der Waals surface area contributed by atoms with Crippen LogP contribution in [0.2, 0.25) is 0 Å². The maximum absolute atomic E-state index is 12.5. The number of hydrogen-bond acceptors (Lipinski definition) is 4. The highest BCUT2D eigenvalue weighted by atomic mass is 16.5. The van der Waals surface area contributed by atoms with Crippen molar-refractivity contribution >= 4 is 11.6 Å². The summed E-state index contributed by atoms with van der Waals surface area (Å²) in [5.74, 6) is 1.13. The van der Waals surface area contributed by atoms with E-state index in [9.17, 15) is 4.79 Å². The van der Waals surface area contributed by atoms with Crippen molar-refractivity contribution in [3.05, 3.63) is 65.5 Å². The molecule has 0 radical (unpaired) electrons. The zero-order valence-corrected chi connectivity index (χ0v) is 16.8. The molecule has 0 unspecified atom stereocenters. The van der Waals surface area contributed by atoms with E-state index >= 15 is 0 Å². The van der Waals surface area contributed by atoms with E-state index in [-0.39, 0.29) is 17.2 Å². The molecule has 1 amide bonds. The second kappa shape index (κ2) is 6.89. The number of benzene rings is 2. The summed E-state index contributed by atoms with van der Waals surface area (Å²) in [6, 6.07) is 16.2. The topological polar surface area (TPSA) is 59.2 Å². The van der Waals surface area contributed by atoms with Crippen molar-refractivity contribution < 1.29 is 9.32 Å². The van der Waals surface area contributed by atoms with Gasteiger partial charge in [-0.3, -0.25) is 4.79 Å². The van der Waals surface area contributed by atoms with E-state index in [0.717, 1.165) is 11.3 Å². The monoisotopic (exact) mass is 375 g/mol. The van der Waals surface area contributed by atoms with E-state index in [0.29, 0.717) is 24.7 Å². The molecule has 0 N–H and O–H groups in total. The Morgan fingerprint density at radius 3 is 2.36 bits per heavy atom. The van der Waals surface area contributed by atoms with E-state index in [2.05, 4.69) is 43.0 Å². The molecule has 5 nitrogen and oxygen atoms in total. The van der Waals surface area contributed by atoms with Crippen molar-refractivity contribution in [2.45, 2.75) is 45.4 Å². The van der Waals surface area contributed by atoms with Gasteiger partial charge in [-0.15, -0.1) is 0 Å². The summed E-state index contributed by atoms with van der Waals surface area (Å²) in [6.45, 7) is 9.16. The van der Waals surface area contributed by atoms with Gasteiger partial charge in [0.25, 0.3) is 5.89 Å². The van der Waals surface area contributed by atoms with E-state index in [4.69, 9.17) is 4.52 Å². The number of carbonyl (C=O) groups excluding carboxylic acids is 1. The molecule has 3 aromatic rings. The summed E-state index contributed by atoms with van der Waals surface area (Å²) in [6.07, 6.45) is 0.399.